The van der Waals surface area contributed by atoms with Crippen LogP contribution in [-0.2, 0) is 4.79 Å². The Hall–Kier alpha value is -0.610. The summed E-state index contributed by atoms with van der Waals surface area (Å²) < 4.78 is 0. The van der Waals surface area contributed by atoms with Crippen LogP contribution in [0.4, 0.5) is 0 Å². The van der Waals surface area contributed by atoms with Crippen LogP contribution in [0.1, 0.15) is 13.8 Å². The second-order valence-corrected chi connectivity index (χ2v) is 2.38. The number of carbonyl (C=O) groups is 1. The molecule has 0 aromatic carbocycles. The molecule has 0 heterocycles. The summed E-state index contributed by atoms with van der Waals surface area (Å²) in [5.41, 5.74) is 0. The normalized spacial score (nSPS) is 10.3. The second-order valence-electron chi connectivity index (χ2n) is 2.38. The van der Waals surface area contributed by atoms with Gasteiger partial charge in [0.25, 0.3) is 5.91 Å². The van der Waals surface area contributed by atoms with Crippen LogP contribution in [-0.4, -0.2) is 47.8 Å². The van der Waals surface area contributed by atoms with Crippen LogP contribution in [0.2, 0.25) is 0 Å². The van der Waals surface area contributed by atoms with Gasteiger partial charge in [0.1, 0.15) is 0 Å². The summed E-state index contributed by atoms with van der Waals surface area (Å²) in [6, 6.07) is 0. The fourth-order valence-corrected chi connectivity index (χ4v) is 0.741. The maximum absolute atomic E-state index is 10.9. The summed E-state index contributed by atoms with van der Waals surface area (Å²) in [4.78, 5) is 12.8. The van der Waals surface area contributed by atoms with Crippen molar-refractivity contribution in [2.75, 3.05) is 26.7 Å². The van der Waals surface area contributed by atoms with Crippen molar-refractivity contribution in [2.45, 2.75) is 13.8 Å². The molecule has 0 radical (unpaired) electrons. The van der Waals surface area contributed by atoms with Gasteiger partial charge in [-0.05, 0) is 13.1 Å². The molecule has 0 bridgehead atoms. The molecule has 0 aliphatic heterocycles. The number of hydrogen-bond donors (Lipinski definition) is 1. The number of amides is 1. The van der Waals surface area contributed by atoms with Crippen LogP contribution in [0.15, 0.2) is 0 Å². The van der Waals surface area contributed by atoms with Gasteiger partial charge in [-0.25, -0.2) is 5.06 Å². The Labute approximate surface area is 67.4 Å². The van der Waals surface area contributed by atoms with E-state index in [-0.39, 0.29) is 5.91 Å². The Kier molecular flexibility index (Phi) is 4.81. The van der Waals surface area contributed by atoms with E-state index in [4.69, 9.17) is 5.21 Å². The lowest BCUT2D eigenvalue weighted by atomic mass is 10.4. The Morgan fingerprint density at radius 1 is 1.36 bits per heavy atom. The predicted octanol–water partition coefficient (Wildman–Crippen LogP) is 0.176. The van der Waals surface area contributed by atoms with Gasteiger partial charge in [-0.3, -0.25) is 14.9 Å². The van der Waals surface area contributed by atoms with Crippen LogP contribution < -0.4 is 0 Å². The molecule has 0 aromatic rings. The van der Waals surface area contributed by atoms with Crippen molar-refractivity contribution in [3.8, 4) is 0 Å². The average Bonchev–Trinajstić information content (AvgIpc) is 1.99. The summed E-state index contributed by atoms with van der Waals surface area (Å²) in [6.45, 7) is 5.91. The molecule has 0 unspecified atom stereocenters. The van der Waals surface area contributed by atoms with Gasteiger partial charge in [0.2, 0.25) is 0 Å². The first kappa shape index (κ1) is 10.4. The van der Waals surface area contributed by atoms with Crippen molar-refractivity contribution in [2.24, 2.45) is 0 Å². The highest BCUT2D eigenvalue weighted by molar-refractivity contribution is 5.76. The van der Waals surface area contributed by atoms with Crippen molar-refractivity contribution in [1.82, 2.24) is 9.96 Å². The highest BCUT2D eigenvalue weighted by Gasteiger charge is 2.09. The number of nitrogens with zero attached hydrogens (tertiary/aromatic N) is 2. The molecule has 4 heteroatoms. The standard InChI is InChI=1S/C7H16N2O2/c1-4-9(5-2)6-7(10)8(3)11/h11H,4-6H2,1-3H3. The SMILES string of the molecule is CCN(CC)CC(=O)N(C)O. The Morgan fingerprint density at radius 2 is 1.82 bits per heavy atom. The quantitative estimate of drug-likeness (QED) is 0.471. The maximum atomic E-state index is 10.9. The molecule has 66 valence electrons. The molecule has 0 aromatic heterocycles. The number of hydroxylamine groups is 2. The summed E-state index contributed by atoms with van der Waals surface area (Å²) >= 11 is 0. The van der Waals surface area contributed by atoms with E-state index in [1.165, 1.54) is 7.05 Å². The zero-order valence-electron chi connectivity index (χ0n) is 7.37. The first-order chi connectivity index (χ1) is 5.11. The van der Waals surface area contributed by atoms with E-state index in [1.54, 1.807) is 0 Å². The molecule has 0 fully saturated rings. The first-order valence-electron chi connectivity index (χ1n) is 3.79. The maximum Gasteiger partial charge on any atom is 0.259 e. The molecule has 0 atom stereocenters. The molecule has 0 saturated carbocycles. The summed E-state index contributed by atoms with van der Waals surface area (Å²) in [6.07, 6.45) is 0. The fourth-order valence-electron chi connectivity index (χ4n) is 0.741. The van der Waals surface area contributed by atoms with Crippen molar-refractivity contribution >= 4 is 5.91 Å². The minimum absolute atomic E-state index is 0.270. The number of rotatable bonds is 4. The molecule has 4 nitrogen and oxygen atoms in total. The van der Waals surface area contributed by atoms with Crippen molar-refractivity contribution in [3.63, 3.8) is 0 Å². The van der Waals surface area contributed by atoms with Gasteiger partial charge >= 0.3 is 0 Å². The smallest absolute Gasteiger partial charge is 0.259 e. The summed E-state index contributed by atoms with van der Waals surface area (Å²) in [5, 5.41) is 9.34. The Morgan fingerprint density at radius 3 is 2.09 bits per heavy atom. The van der Waals surface area contributed by atoms with Gasteiger partial charge in [-0.2, -0.15) is 0 Å². The highest BCUT2D eigenvalue weighted by atomic mass is 16.5. The molecular weight excluding hydrogens is 144 g/mol. The van der Waals surface area contributed by atoms with Gasteiger partial charge in [-0.15, -0.1) is 0 Å². The minimum Gasteiger partial charge on any atom is -0.295 e. The van der Waals surface area contributed by atoms with Crippen LogP contribution in [0.3, 0.4) is 0 Å². The van der Waals surface area contributed by atoms with Crippen molar-refractivity contribution in [1.29, 1.82) is 0 Å². The van der Waals surface area contributed by atoms with E-state index >= 15 is 0 Å². The lowest BCUT2D eigenvalue weighted by molar-refractivity contribution is -0.160. The fraction of sp³-hybridized carbons (Fsp3) is 0.857. The van der Waals surface area contributed by atoms with E-state index in [0.29, 0.717) is 11.6 Å². The highest BCUT2D eigenvalue weighted by Crippen LogP contribution is 1.88. The lowest BCUT2D eigenvalue weighted by Gasteiger charge is -2.18. The largest absolute Gasteiger partial charge is 0.295 e. The molecular formula is C7H16N2O2. The van der Waals surface area contributed by atoms with E-state index in [1.807, 2.05) is 18.7 Å². The summed E-state index contributed by atoms with van der Waals surface area (Å²) in [7, 11) is 1.34. The van der Waals surface area contributed by atoms with Crippen LogP contribution in [0.5, 0.6) is 0 Å². The van der Waals surface area contributed by atoms with Gasteiger partial charge in [0.05, 0.1) is 6.54 Å². The van der Waals surface area contributed by atoms with E-state index in [9.17, 15) is 4.79 Å². The van der Waals surface area contributed by atoms with Crippen molar-refractivity contribution in [3.05, 3.63) is 0 Å². The predicted molar refractivity (Wildman–Crippen MR) is 42.3 cm³/mol. The molecule has 0 spiro atoms. The molecule has 11 heavy (non-hydrogen) atoms. The average molecular weight is 160 g/mol. The van der Waals surface area contributed by atoms with Gasteiger partial charge in [0, 0.05) is 7.05 Å². The lowest BCUT2D eigenvalue weighted by Crippen LogP contribution is -2.36. The topological polar surface area (TPSA) is 43.8 Å². The molecule has 0 aliphatic carbocycles. The van der Waals surface area contributed by atoms with Gasteiger partial charge in [0.15, 0.2) is 0 Å². The second kappa shape index (κ2) is 5.09. The third-order valence-electron chi connectivity index (χ3n) is 1.61. The van der Waals surface area contributed by atoms with Crippen LogP contribution in [0, 0.1) is 0 Å². The van der Waals surface area contributed by atoms with Crippen LogP contribution >= 0.6 is 0 Å². The summed E-state index contributed by atoms with van der Waals surface area (Å²) in [5.74, 6) is -0.270. The molecule has 0 aliphatic rings. The first-order valence-corrected chi connectivity index (χ1v) is 3.79. The van der Waals surface area contributed by atoms with E-state index in [0.717, 1.165) is 13.1 Å². The molecule has 1 N–H and O–H groups in total. The molecule has 0 saturated heterocycles. The van der Waals surface area contributed by atoms with Gasteiger partial charge in [-0.1, -0.05) is 13.8 Å². The molecule has 1 amide bonds. The third-order valence-corrected chi connectivity index (χ3v) is 1.61. The monoisotopic (exact) mass is 160 g/mol. The third kappa shape index (κ3) is 3.95. The molecule has 0 rings (SSSR count). The Balaban J connectivity index is 3.72. The van der Waals surface area contributed by atoms with Crippen LogP contribution in [0.25, 0.3) is 0 Å². The number of carbonyl (C=O) groups excluding carboxylic acids is 1. The minimum atomic E-state index is -0.270. The van der Waals surface area contributed by atoms with Gasteiger partial charge < -0.3 is 0 Å². The zero-order chi connectivity index (χ0) is 8.85. The van der Waals surface area contributed by atoms with E-state index < -0.39 is 0 Å². The number of hydrogen-bond acceptors (Lipinski definition) is 3. The van der Waals surface area contributed by atoms with E-state index in [2.05, 4.69) is 0 Å². The zero-order valence-corrected chi connectivity index (χ0v) is 7.37. The van der Waals surface area contributed by atoms with Crippen molar-refractivity contribution < 1.29 is 10.0 Å². The number of likely N-dealkylation sites (N-methyl/N-ethyl adjacent to an activating group) is 2. The Bertz CT molecular complexity index is 122.